The van der Waals surface area contributed by atoms with Gasteiger partial charge in [-0.15, -0.1) is 20.1 Å². The molecule has 2 atom stereocenters. The summed E-state index contributed by atoms with van der Waals surface area (Å²) in [6.07, 6.45) is -1.96. The summed E-state index contributed by atoms with van der Waals surface area (Å²) in [6, 6.07) is 12.1. The maximum Gasteiger partial charge on any atom is 0.586 e. The van der Waals surface area contributed by atoms with Crippen LogP contribution in [0.25, 0.3) is 0 Å². The number of benzene rings is 2. The van der Waals surface area contributed by atoms with Crippen LogP contribution in [0, 0.1) is 6.92 Å². The van der Waals surface area contributed by atoms with Crippen molar-refractivity contribution in [2.75, 3.05) is 13.1 Å². The molecule has 2 aromatic carbocycles. The van der Waals surface area contributed by atoms with Gasteiger partial charge in [-0.3, -0.25) is 9.69 Å². The highest BCUT2D eigenvalue weighted by atomic mass is 35.5. The lowest BCUT2D eigenvalue weighted by atomic mass is 9.89. The molecule has 0 bridgehead atoms. The van der Waals surface area contributed by atoms with Gasteiger partial charge in [0.25, 0.3) is 0 Å². The molecular weight excluding hydrogens is 522 g/mol. The smallest absolute Gasteiger partial charge is 0.395 e. The summed E-state index contributed by atoms with van der Waals surface area (Å²) in [5, 5.41) is 11.6. The van der Waals surface area contributed by atoms with E-state index in [0.29, 0.717) is 41.4 Å². The number of thiazole rings is 1. The third-order valence-corrected chi connectivity index (χ3v) is 8.99. The molecule has 1 saturated carbocycles. The highest BCUT2D eigenvalue weighted by molar-refractivity contribution is 7.12. The van der Waals surface area contributed by atoms with Crippen LogP contribution in [0.15, 0.2) is 42.5 Å². The number of hydrogen-bond donors (Lipinski definition) is 1. The van der Waals surface area contributed by atoms with E-state index in [9.17, 15) is 18.7 Å². The van der Waals surface area contributed by atoms with Crippen LogP contribution in [0.5, 0.6) is 11.5 Å². The van der Waals surface area contributed by atoms with Crippen LogP contribution in [0.1, 0.15) is 54.9 Å². The number of aryl methyl sites for hydroxylation is 1. The molecule has 0 amide bonds. The van der Waals surface area contributed by atoms with E-state index in [1.165, 1.54) is 23.5 Å². The molecule has 2 fully saturated rings. The van der Waals surface area contributed by atoms with Gasteiger partial charge in [0, 0.05) is 25.8 Å². The van der Waals surface area contributed by atoms with E-state index in [0.717, 1.165) is 22.7 Å². The monoisotopic (exact) mass is 550 g/mol. The first-order chi connectivity index (χ1) is 17.6. The summed E-state index contributed by atoms with van der Waals surface area (Å²) in [6.45, 7) is 3.20. The Bertz CT molecular complexity index is 1390. The SMILES string of the molecule is Cc1nc(CC(=O)C2(c3ccc4c(c3)OC(F)(F)O4)CC2)sc1[C@@H](c1ccccc1Cl)N1CC[C@H](O)C1.[HH].[HH]. The molecule has 6 rings (SSSR count). The Kier molecular flexibility index (Phi) is 6.02. The molecule has 6 nitrogen and oxygen atoms in total. The lowest BCUT2D eigenvalue weighted by molar-refractivity contribution is -0.286. The first-order valence-corrected chi connectivity index (χ1v) is 13.4. The number of ether oxygens (including phenoxy) is 2. The molecule has 2 aliphatic heterocycles. The number of aromatic nitrogens is 1. The van der Waals surface area contributed by atoms with Crippen LogP contribution in [-0.4, -0.2) is 46.3 Å². The van der Waals surface area contributed by atoms with Crippen molar-refractivity contribution < 1.29 is 31.0 Å². The number of fused-ring (bicyclic) bond motifs is 1. The number of hydrogen-bond acceptors (Lipinski definition) is 7. The van der Waals surface area contributed by atoms with Crippen molar-refractivity contribution in [1.82, 2.24) is 9.88 Å². The van der Waals surface area contributed by atoms with Crippen molar-refractivity contribution in [3.8, 4) is 11.5 Å². The minimum absolute atomic E-state index is 0. The Labute approximate surface area is 224 Å². The molecule has 0 unspecified atom stereocenters. The molecule has 1 aromatic heterocycles. The van der Waals surface area contributed by atoms with Gasteiger partial charge >= 0.3 is 6.29 Å². The highest BCUT2D eigenvalue weighted by Crippen LogP contribution is 2.53. The Morgan fingerprint density at radius 3 is 2.73 bits per heavy atom. The molecule has 1 saturated heterocycles. The summed E-state index contributed by atoms with van der Waals surface area (Å²) >= 11 is 8.08. The second-order valence-corrected chi connectivity index (χ2v) is 11.5. The number of likely N-dealkylation sites (tertiary alicyclic amines) is 1. The van der Waals surface area contributed by atoms with Gasteiger partial charge in [0.1, 0.15) is 10.8 Å². The average molecular weight is 551 g/mol. The molecule has 3 heterocycles. The summed E-state index contributed by atoms with van der Waals surface area (Å²) in [5.74, 6) is -0.0801. The number of aliphatic hydroxyl groups excluding tert-OH is 1. The van der Waals surface area contributed by atoms with Crippen molar-refractivity contribution in [2.45, 2.75) is 56.5 Å². The van der Waals surface area contributed by atoms with E-state index in [4.69, 9.17) is 16.6 Å². The largest absolute Gasteiger partial charge is 0.586 e. The molecule has 37 heavy (non-hydrogen) atoms. The number of halogens is 3. The van der Waals surface area contributed by atoms with Crippen LogP contribution >= 0.6 is 22.9 Å². The first kappa shape index (κ1) is 24.7. The number of β-amino-alcohol motifs (C(OH)–C–C–N with tert-alkyl or cyclic N) is 1. The number of rotatable bonds is 7. The Hall–Kier alpha value is -2.59. The van der Waals surface area contributed by atoms with Crippen LogP contribution in [0.4, 0.5) is 8.78 Å². The minimum atomic E-state index is -3.69. The van der Waals surface area contributed by atoms with Gasteiger partial charge in [0.15, 0.2) is 11.5 Å². The zero-order valence-corrected chi connectivity index (χ0v) is 21.6. The fourth-order valence-electron chi connectivity index (χ4n) is 5.40. The van der Waals surface area contributed by atoms with Crippen LogP contribution in [0.3, 0.4) is 0 Å². The van der Waals surface area contributed by atoms with E-state index in [1.807, 2.05) is 31.2 Å². The zero-order chi connectivity index (χ0) is 25.9. The third kappa shape index (κ3) is 4.52. The van der Waals surface area contributed by atoms with Crippen molar-refractivity contribution in [3.05, 3.63) is 74.2 Å². The molecule has 198 valence electrons. The maximum atomic E-state index is 13.5. The van der Waals surface area contributed by atoms with Crippen LogP contribution < -0.4 is 9.47 Å². The fraction of sp³-hybridized carbons (Fsp3) is 0.407. The van der Waals surface area contributed by atoms with E-state index in [-0.39, 0.29) is 32.6 Å². The fourth-order valence-corrected chi connectivity index (χ4v) is 6.86. The minimum Gasteiger partial charge on any atom is -0.395 e. The standard InChI is InChI=1S/C27H25ClF2N2O4S.2H2/c1-15-25(24(32-11-8-17(33)14-32)18-4-2-3-5-19(18)28)37-23(31-15)13-22(34)26(9-10-26)16-6-7-20-21(12-16)36-27(29,30)35-20;;/h2-7,12,17,24,33H,8-11,13-14H2,1H3;2*1H/t17-,24+;;/m0../s1. The summed E-state index contributed by atoms with van der Waals surface area (Å²) in [4.78, 5) is 21.5. The van der Waals surface area contributed by atoms with Gasteiger partial charge in [-0.05, 0) is 55.5 Å². The Balaban J connectivity index is 0.00000176. The van der Waals surface area contributed by atoms with Crippen molar-refractivity contribution in [1.29, 1.82) is 0 Å². The highest BCUT2D eigenvalue weighted by Gasteiger charge is 2.52. The van der Waals surface area contributed by atoms with Gasteiger partial charge in [0.05, 0.1) is 29.7 Å². The van der Waals surface area contributed by atoms with E-state index < -0.39 is 17.8 Å². The number of carbonyl (C=O) groups is 1. The molecule has 1 N–H and O–H groups in total. The molecule has 3 aliphatic rings. The van der Waals surface area contributed by atoms with Crippen LogP contribution in [0.2, 0.25) is 5.02 Å². The summed E-state index contributed by atoms with van der Waals surface area (Å²) in [5.41, 5.74) is 1.70. The first-order valence-electron chi connectivity index (χ1n) is 12.2. The second-order valence-electron chi connectivity index (χ2n) is 9.93. The molecule has 0 spiro atoms. The molecule has 1 aliphatic carbocycles. The lowest BCUT2D eigenvalue weighted by Gasteiger charge is -2.28. The Morgan fingerprint density at radius 2 is 2.03 bits per heavy atom. The summed E-state index contributed by atoms with van der Waals surface area (Å²) in [7, 11) is 0. The number of Topliss-reactive ketones (excluding diaryl/α,β-unsaturated/α-hetero) is 1. The number of ketones is 1. The molecule has 0 radical (unpaired) electrons. The third-order valence-electron chi connectivity index (χ3n) is 7.43. The molecule has 3 aromatic rings. The van der Waals surface area contributed by atoms with Gasteiger partial charge < -0.3 is 14.6 Å². The van der Waals surface area contributed by atoms with E-state index >= 15 is 0 Å². The number of aliphatic hydroxyl groups is 1. The van der Waals surface area contributed by atoms with E-state index in [2.05, 4.69) is 14.4 Å². The normalized spacial score (nSPS) is 22.2. The van der Waals surface area contributed by atoms with Gasteiger partial charge in [-0.2, -0.15) is 0 Å². The number of nitrogens with zero attached hydrogens (tertiary/aromatic N) is 2. The van der Waals surface area contributed by atoms with Gasteiger partial charge in [-0.25, -0.2) is 4.98 Å². The average Bonchev–Trinajstić information content (AvgIpc) is 3.29. The van der Waals surface area contributed by atoms with Gasteiger partial charge in [0.2, 0.25) is 0 Å². The quantitative estimate of drug-likeness (QED) is 0.394. The zero-order valence-electron chi connectivity index (χ0n) is 20.0. The maximum absolute atomic E-state index is 13.5. The second kappa shape index (κ2) is 9.01. The van der Waals surface area contributed by atoms with Crippen molar-refractivity contribution >= 4 is 28.7 Å². The molecular formula is C27H29ClF2N2O4S. The van der Waals surface area contributed by atoms with Gasteiger partial charge in [-0.1, -0.05) is 35.9 Å². The number of alkyl halides is 2. The summed E-state index contributed by atoms with van der Waals surface area (Å²) < 4.78 is 36.0. The Morgan fingerprint density at radius 1 is 1.27 bits per heavy atom. The van der Waals surface area contributed by atoms with Crippen molar-refractivity contribution in [3.63, 3.8) is 0 Å². The van der Waals surface area contributed by atoms with Crippen LogP contribution in [-0.2, 0) is 16.6 Å². The van der Waals surface area contributed by atoms with Crippen molar-refractivity contribution in [2.24, 2.45) is 0 Å². The lowest BCUT2D eigenvalue weighted by Crippen LogP contribution is -2.28. The van der Waals surface area contributed by atoms with E-state index in [1.54, 1.807) is 6.07 Å². The number of carbonyl (C=O) groups excluding carboxylic acids is 1. The predicted molar refractivity (Wildman–Crippen MR) is 139 cm³/mol. The molecule has 10 heteroatoms. The predicted octanol–water partition coefficient (Wildman–Crippen LogP) is 5.92. The topological polar surface area (TPSA) is 71.9 Å².